The second-order valence-electron chi connectivity index (χ2n) is 3.23. The maximum Gasteiger partial charge on any atom is 0.0760 e. The number of nitrogens with one attached hydrogen (secondary N) is 1. The molecule has 5 heteroatoms. The van der Waals surface area contributed by atoms with Crippen LogP contribution in [-0.4, -0.2) is 27.6 Å². The lowest BCUT2D eigenvalue weighted by Gasteiger charge is -2.22. The Morgan fingerprint density at radius 2 is 2.08 bits per heavy atom. The van der Waals surface area contributed by atoms with E-state index in [1.165, 1.54) is 19.3 Å². The molecule has 0 spiro atoms. The summed E-state index contributed by atoms with van der Waals surface area (Å²) in [4.78, 5) is 1.75. The summed E-state index contributed by atoms with van der Waals surface area (Å²) in [5.41, 5.74) is 0. The smallest absolute Gasteiger partial charge is 0.0760 e. The van der Waals surface area contributed by atoms with Gasteiger partial charge < -0.3 is 5.32 Å². The Kier molecular flexibility index (Phi) is 4.18. The van der Waals surface area contributed by atoms with Crippen LogP contribution < -0.4 is 5.32 Å². The van der Waals surface area contributed by atoms with Gasteiger partial charge >= 0.3 is 0 Å². The summed E-state index contributed by atoms with van der Waals surface area (Å²) in [6, 6.07) is 0.575. The third-order valence-electron chi connectivity index (χ3n) is 2.26. The number of piperidine rings is 1. The van der Waals surface area contributed by atoms with Gasteiger partial charge in [-0.2, -0.15) is 15.0 Å². The highest BCUT2D eigenvalue weighted by atomic mass is 35.5. The molecule has 0 aromatic carbocycles. The van der Waals surface area contributed by atoms with Gasteiger partial charge in [0, 0.05) is 6.04 Å². The highest BCUT2D eigenvalue weighted by Crippen LogP contribution is 2.07. The molecule has 1 N–H and O–H groups in total. The molecule has 0 amide bonds. The van der Waals surface area contributed by atoms with Crippen molar-refractivity contribution in [3.05, 3.63) is 12.4 Å². The van der Waals surface area contributed by atoms with Gasteiger partial charge in [0.05, 0.1) is 18.9 Å². The molecular formula is C8H15ClN4. The first-order valence-corrected chi connectivity index (χ1v) is 4.52. The number of aromatic nitrogens is 3. The highest BCUT2D eigenvalue weighted by molar-refractivity contribution is 5.85. The average molecular weight is 203 g/mol. The first-order valence-electron chi connectivity index (χ1n) is 4.52. The lowest BCUT2D eigenvalue weighted by Crippen LogP contribution is -2.37. The molecule has 74 valence electrons. The molecule has 1 atom stereocenters. The Labute approximate surface area is 84.1 Å². The van der Waals surface area contributed by atoms with Crippen molar-refractivity contribution in [2.45, 2.75) is 31.8 Å². The van der Waals surface area contributed by atoms with E-state index in [1.54, 1.807) is 17.2 Å². The Balaban J connectivity index is 0.000000845. The van der Waals surface area contributed by atoms with Crippen LogP contribution in [0.3, 0.4) is 0 Å². The standard InChI is InChI=1S/C8H14N4.ClH/c1-2-4-9-8(3-1)7-12-10-5-6-11-12;/h5-6,8-9H,1-4,7H2;1H. The fourth-order valence-corrected chi connectivity index (χ4v) is 1.61. The molecule has 2 heterocycles. The summed E-state index contributed by atoms with van der Waals surface area (Å²) in [6.45, 7) is 2.05. The normalized spacial score (nSPS) is 22.3. The molecule has 1 unspecified atom stereocenters. The van der Waals surface area contributed by atoms with Gasteiger partial charge in [-0.15, -0.1) is 12.4 Å². The van der Waals surface area contributed by atoms with E-state index in [9.17, 15) is 0 Å². The van der Waals surface area contributed by atoms with Crippen molar-refractivity contribution in [3.63, 3.8) is 0 Å². The van der Waals surface area contributed by atoms with Crippen LogP contribution >= 0.6 is 12.4 Å². The van der Waals surface area contributed by atoms with Gasteiger partial charge in [-0.05, 0) is 19.4 Å². The second-order valence-corrected chi connectivity index (χ2v) is 3.23. The second kappa shape index (κ2) is 5.19. The van der Waals surface area contributed by atoms with Crippen LogP contribution in [0.2, 0.25) is 0 Å². The van der Waals surface area contributed by atoms with Crippen molar-refractivity contribution < 1.29 is 0 Å². The van der Waals surface area contributed by atoms with E-state index in [4.69, 9.17) is 0 Å². The van der Waals surface area contributed by atoms with Crippen molar-refractivity contribution in [2.75, 3.05) is 6.54 Å². The fourth-order valence-electron chi connectivity index (χ4n) is 1.61. The van der Waals surface area contributed by atoms with Crippen LogP contribution in [0.25, 0.3) is 0 Å². The molecular weight excluding hydrogens is 188 g/mol. The van der Waals surface area contributed by atoms with Gasteiger partial charge in [-0.1, -0.05) is 6.42 Å². The SMILES string of the molecule is Cl.c1cnn(CC2CCCCN2)n1. The first kappa shape index (κ1) is 10.5. The molecule has 2 rings (SSSR count). The van der Waals surface area contributed by atoms with Gasteiger partial charge in [0.25, 0.3) is 0 Å². The maximum atomic E-state index is 4.08. The number of nitrogens with zero attached hydrogens (tertiary/aromatic N) is 3. The van der Waals surface area contributed by atoms with Crippen LogP contribution in [0.15, 0.2) is 12.4 Å². The summed E-state index contributed by atoms with van der Waals surface area (Å²) in [7, 11) is 0. The largest absolute Gasteiger partial charge is 0.312 e. The molecule has 4 nitrogen and oxygen atoms in total. The van der Waals surface area contributed by atoms with Gasteiger partial charge in [-0.25, -0.2) is 0 Å². The summed E-state index contributed by atoms with van der Waals surface area (Å²) in [5, 5.41) is 11.6. The lowest BCUT2D eigenvalue weighted by molar-refractivity contribution is 0.335. The van der Waals surface area contributed by atoms with E-state index in [0.717, 1.165) is 13.1 Å². The van der Waals surface area contributed by atoms with Crippen LogP contribution in [0.1, 0.15) is 19.3 Å². The topological polar surface area (TPSA) is 42.7 Å². The summed E-state index contributed by atoms with van der Waals surface area (Å²) in [6.07, 6.45) is 7.34. The van der Waals surface area contributed by atoms with E-state index in [2.05, 4.69) is 15.5 Å². The predicted octanol–water partition coefficient (Wildman–Crippen LogP) is 0.842. The quantitative estimate of drug-likeness (QED) is 0.773. The van der Waals surface area contributed by atoms with Gasteiger partial charge in [-0.3, -0.25) is 0 Å². The monoisotopic (exact) mass is 202 g/mol. The van der Waals surface area contributed by atoms with Crippen molar-refractivity contribution in [3.8, 4) is 0 Å². The molecule has 13 heavy (non-hydrogen) atoms. The predicted molar refractivity (Wildman–Crippen MR) is 52.9 cm³/mol. The van der Waals surface area contributed by atoms with Gasteiger partial charge in [0.1, 0.15) is 0 Å². The summed E-state index contributed by atoms with van der Waals surface area (Å²) in [5.74, 6) is 0. The van der Waals surface area contributed by atoms with E-state index >= 15 is 0 Å². The number of halogens is 1. The van der Waals surface area contributed by atoms with Crippen molar-refractivity contribution >= 4 is 12.4 Å². The van der Waals surface area contributed by atoms with E-state index in [1.807, 2.05) is 0 Å². The third kappa shape index (κ3) is 2.97. The van der Waals surface area contributed by atoms with Crippen LogP contribution in [0, 0.1) is 0 Å². The zero-order chi connectivity index (χ0) is 8.23. The molecule has 1 aliphatic rings. The molecule has 0 aliphatic carbocycles. The van der Waals surface area contributed by atoms with Crippen molar-refractivity contribution in [1.82, 2.24) is 20.3 Å². The fraction of sp³-hybridized carbons (Fsp3) is 0.750. The van der Waals surface area contributed by atoms with E-state index in [-0.39, 0.29) is 12.4 Å². The minimum Gasteiger partial charge on any atom is -0.312 e. The molecule has 1 fully saturated rings. The molecule has 0 bridgehead atoms. The van der Waals surface area contributed by atoms with E-state index < -0.39 is 0 Å². The molecule has 1 aromatic heterocycles. The third-order valence-corrected chi connectivity index (χ3v) is 2.26. The Morgan fingerprint density at radius 3 is 2.69 bits per heavy atom. The molecule has 0 saturated carbocycles. The zero-order valence-electron chi connectivity index (χ0n) is 7.52. The Morgan fingerprint density at radius 1 is 1.31 bits per heavy atom. The number of rotatable bonds is 2. The van der Waals surface area contributed by atoms with E-state index in [0.29, 0.717) is 6.04 Å². The van der Waals surface area contributed by atoms with Crippen molar-refractivity contribution in [2.24, 2.45) is 0 Å². The maximum absolute atomic E-state index is 4.08. The van der Waals surface area contributed by atoms with Gasteiger partial charge in [0.2, 0.25) is 0 Å². The first-order chi connectivity index (χ1) is 5.95. The Hall–Kier alpha value is -0.610. The highest BCUT2D eigenvalue weighted by Gasteiger charge is 2.12. The molecule has 1 aromatic rings. The summed E-state index contributed by atoms with van der Waals surface area (Å²) >= 11 is 0. The van der Waals surface area contributed by atoms with Gasteiger partial charge in [0.15, 0.2) is 0 Å². The summed E-state index contributed by atoms with van der Waals surface area (Å²) < 4.78 is 0. The number of hydrogen-bond donors (Lipinski definition) is 1. The zero-order valence-corrected chi connectivity index (χ0v) is 8.33. The Bertz CT molecular complexity index is 218. The minimum atomic E-state index is 0. The van der Waals surface area contributed by atoms with Crippen LogP contribution in [-0.2, 0) is 6.54 Å². The molecule has 1 aliphatic heterocycles. The molecule has 0 radical (unpaired) electrons. The van der Waals surface area contributed by atoms with Crippen LogP contribution in [0.4, 0.5) is 0 Å². The number of hydrogen-bond acceptors (Lipinski definition) is 3. The molecule has 1 saturated heterocycles. The van der Waals surface area contributed by atoms with Crippen LogP contribution in [0.5, 0.6) is 0 Å². The van der Waals surface area contributed by atoms with Crippen molar-refractivity contribution in [1.29, 1.82) is 0 Å². The average Bonchev–Trinajstić information content (AvgIpc) is 2.59. The lowest BCUT2D eigenvalue weighted by atomic mass is 10.1. The minimum absolute atomic E-state index is 0.